The number of nitrogens with one attached hydrogen (secondary N) is 1. The highest BCUT2D eigenvalue weighted by Crippen LogP contribution is 2.24. The predicted molar refractivity (Wildman–Crippen MR) is 107 cm³/mol. The van der Waals surface area contributed by atoms with Crippen LogP contribution in [0.1, 0.15) is 12.8 Å². The summed E-state index contributed by atoms with van der Waals surface area (Å²) in [6, 6.07) is 7.53. The van der Waals surface area contributed by atoms with Gasteiger partial charge in [0.05, 0.1) is 6.54 Å². The molecule has 1 aromatic heterocycles. The molecule has 4 rings (SSSR count). The van der Waals surface area contributed by atoms with Gasteiger partial charge in [0.1, 0.15) is 0 Å². The molecule has 142 valence electrons. The number of amides is 2. The van der Waals surface area contributed by atoms with Crippen LogP contribution in [0.5, 0.6) is 0 Å². The minimum Gasteiger partial charge on any atom is -0.346 e. The molecular formula is C19H23N5O2S. The van der Waals surface area contributed by atoms with Crippen molar-refractivity contribution in [1.29, 1.82) is 0 Å². The van der Waals surface area contributed by atoms with E-state index in [9.17, 15) is 9.59 Å². The maximum Gasteiger partial charge on any atom is 0.238 e. The smallest absolute Gasteiger partial charge is 0.238 e. The van der Waals surface area contributed by atoms with Gasteiger partial charge in [0.15, 0.2) is 5.13 Å². The molecule has 3 heterocycles. The van der Waals surface area contributed by atoms with Gasteiger partial charge in [0.25, 0.3) is 0 Å². The molecule has 2 aromatic rings. The Morgan fingerprint density at radius 2 is 2.04 bits per heavy atom. The third-order valence-electron chi connectivity index (χ3n) is 4.94. The third kappa shape index (κ3) is 4.28. The normalized spacial score (nSPS) is 18.1. The maximum atomic E-state index is 12.4. The summed E-state index contributed by atoms with van der Waals surface area (Å²) in [6.07, 6.45) is 3.32. The number of hydrogen-bond donors (Lipinski definition) is 1. The fourth-order valence-corrected chi connectivity index (χ4v) is 4.24. The van der Waals surface area contributed by atoms with Crippen LogP contribution in [-0.2, 0) is 9.59 Å². The maximum absolute atomic E-state index is 12.4. The van der Waals surface area contributed by atoms with Gasteiger partial charge < -0.3 is 15.1 Å². The van der Waals surface area contributed by atoms with E-state index in [4.69, 9.17) is 0 Å². The number of carbonyl (C=O) groups is 2. The molecule has 8 heteroatoms. The lowest BCUT2D eigenvalue weighted by molar-refractivity contribution is -0.118. The summed E-state index contributed by atoms with van der Waals surface area (Å²) in [4.78, 5) is 34.9. The molecule has 0 aliphatic carbocycles. The van der Waals surface area contributed by atoms with E-state index >= 15 is 0 Å². The van der Waals surface area contributed by atoms with E-state index in [1.807, 2.05) is 35.8 Å². The van der Waals surface area contributed by atoms with Crippen LogP contribution in [0, 0.1) is 0 Å². The minimum atomic E-state index is -0.0254. The second-order valence-electron chi connectivity index (χ2n) is 6.83. The zero-order chi connectivity index (χ0) is 18.6. The van der Waals surface area contributed by atoms with E-state index in [0.717, 1.165) is 55.7 Å². The van der Waals surface area contributed by atoms with Crippen molar-refractivity contribution in [2.45, 2.75) is 12.8 Å². The first-order valence-electron chi connectivity index (χ1n) is 9.26. The van der Waals surface area contributed by atoms with E-state index in [2.05, 4.69) is 20.1 Å². The van der Waals surface area contributed by atoms with E-state index < -0.39 is 0 Å². The van der Waals surface area contributed by atoms with Gasteiger partial charge >= 0.3 is 0 Å². The Balaban J connectivity index is 1.29. The minimum absolute atomic E-state index is 0.0254. The summed E-state index contributed by atoms with van der Waals surface area (Å²) in [5.41, 5.74) is 1.59. The van der Waals surface area contributed by atoms with Gasteiger partial charge in [0.2, 0.25) is 11.8 Å². The molecule has 1 N–H and O–H groups in total. The van der Waals surface area contributed by atoms with Gasteiger partial charge in [-0.25, -0.2) is 4.98 Å². The van der Waals surface area contributed by atoms with E-state index in [1.54, 1.807) is 16.2 Å². The first-order chi connectivity index (χ1) is 13.2. The number of carbonyl (C=O) groups excluding carboxylic acids is 2. The Bertz CT molecular complexity index is 802. The molecule has 7 nitrogen and oxygen atoms in total. The fraction of sp³-hybridized carbons (Fsp3) is 0.421. The highest BCUT2D eigenvalue weighted by molar-refractivity contribution is 7.13. The predicted octanol–water partition coefficient (Wildman–Crippen LogP) is 2.03. The summed E-state index contributed by atoms with van der Waals surface area (Å²) in [5, 5.41) is 6.00. The van der Waals surface area contributed by atoms with Crippen LogP contribution in [-0.4, -0.2) is 61.0 Å². The number of hydrogen-bond acceptors (Lipinski definition) is 6. The lowest BCUT2D eigenvalue weighted by Crippen LogP contribution is -2.48. The van der Waals surface area contributed by atoms with E-state index in [-0.39, 0.29) is 11.8 Å². The number of aromatic nitrogens is 1. The van der Waals surface area contributed by atoms with Gasteiger partial charge in [-0.15, -0.1) is 11.3 Å². The molecular weight excluding hydrogens is 362 g/mol. The van der Waals surface area contributed by atoms with Crippen molar-refractivity contribution in [2.75, 3.05) is 54.4 Å². The van der Waals surface area contributed by atoms with Gasteiger partial charge in [-0.05, 0) is 24.6 Å². The highest BCUT2D eigenvalue weighted by atomic mass is 32.1. The fourth-order valence-electron chi connectivity index (χ4n) is 3.55. The van der Waals surface area contributed by atoms with Crippen LogP contribution in [0.25, 0.3) is 0 Å². The Morgan fingerprint density at radius 1 is 1.19 bits per heavy atom. The van der Waals surface area contributed by atoms with Gasteiger partial charge in [-0.2, -0.15) is 0 Å². The number of rotatable bonds is 5. The molecule has 0 saturated carbocycles. The molecule has 2 saturated heterocycles. The molecule has 0 radical (unpaired) electrons. The molecule has 2 fully saturated rings. The summed E-state index contributed by atoms with van der Waals surface area (Å²) >= 11 is 1.65. The first-order valence-corrected chi connectivity index (χ1v) is 10.1. The average Bonchev–Trinajstić information content (AvgIpc) is 3.34. The zero-order valence-electron chi connectivity index (χ0n) is 15.1. The van der Waals surface area contributed by atoms with Crippen molar-refractivity contribution in [3.05, 3.63) is 35.8 Å². The SMILES string of the molecule is O=C(CN1CCN(c2nccs2)CC1)Nc1cccc(N2CCCC2=O)c1. The number of piperazine rings is 1. The van der Waals surface area contributed by atoms with Crippen molar-refractivity contribution < 1.29 is 9.59 Å². The second kappa shape index (κ2) is 8.06. The molecule has 0 atom stereocenters. The van der Waals surface area contributed by atoms with Crippen molar-refractivity contribution in [3.63, 3.8) is 0 Å². The van der Waals surface area contributed by atoms with Crippen LogP contribution < -0.4 is 15.1 Å². The molecule has 27 heavy (non-hydrogen) atoms. The Hall–Kier alpha value is -2.45. The number of benzene rings is 1. The Kier molecular flexibility index (Phi) is 5.35. The van der Waals surface area contributed by atoms with Crippen molar-refractivity contribution in [1.82, 2.24) is 9.88 Å². The van der Waals surface area contributed by atoms with Crippen molar-refractivity contribution >= 4 is 39.7 Å². The summed E-state index contributed by atoms with van der Waals surface area (Å²) in [7, 11) is 0. The van der Waals surface area contributed by atoms with Crippen LogP contribution in [0.15, 0.2) is 35.8 Å². The number of nitrogens with zero attached hydrogens (tertiary/aromatic N) is 4. The molecule has 1 aromatic carbocycles. The highest BCUT2D eigenvalue weighted by Gasteiger charge is 2.23. The quantitative estimate of drug-likeness (QED) is 0.853. The molecule has 0 spiro atoms. The molecule has 0 bridgehead atoms. The number of thiazole rings is 1. The van der Waals surface area contributed by atoms with E-state index in [1.165, 1.54) is 0 Å². The van der Waals surface area contributed by atoms with Gasteiger partial charge in [0, 0.05) is 62.1 Å². The standard InChI is InChI=1S/C19H23N5O2S/c25-17(14-22-8-10-23(11-9-22)19-20-6-12-27-19)21-15-3-1-4-16(13-15)24-7-2-5-18(24)26/h1,3-4,6,12-13H,2,5,7-11,14H2,(H,21,25). The summed E-state index contributed by atoms with van der Waals surface area (Å²) < 4.78 is 0. The lowest BCUT2D eigenvalue weighted by atomic mass is 10.2. The van der Waals surface area contributed by atoms with Crippen LogP contribution >= 0.6 is 11.3 Å². The zero-order valence-corrected chi connectivity index (χ0v) is 16.0. The number of anilines is 3. The molecule has 2 amide bonds. The van der Waals surface area contributed by atoms with Crippen LogP contribution in [0.2, 0.25) is 0 Å². The average molecular weight is 385 g/mol. The first kappa shape index (κ1) is 17.9. The monoisotopic (exact) mass is 385 g/mol. The largest absolute Gasteiger partial charge is 0.346 e. The lowest BCUT2D eigenvalue weighted by Gasteiger charge is -2.34. The Morgan fingerprint density at radius 3 is 2.74 bits per heavy atom. The van der Waals surface area contributed by atoms with Crippen molar-refractivity contribution in [3.8, 4) is 0 Å². The van der Waals surface area contributed by atoms with Gasteiger partial charge in [-0.1, -0.05) is 6.07 Å². The van der Waals surface area contributed by atoms with E-state index in [0.29, 0.717) is 13.0 Å². The Labute approximate surface area is 162 Å². The van der Waals surface area contributed by atoms with Gasteiger partial charge in [-0.3, -0.25) is 14.5 Å². The van der Waals surface area contributed by atoms with Crippen molar-refractivity contribution in [2.24, 2.45) is 0 Å². The topological polar surface area (TPSA) is 68.8 Å². The summed E-state index contributed by atoms with van der Waals surface area (Å²) in [5.74, 6) is 0.124. The summed E-state index contributed by atoms with van der Waals surface area (Å²) in [6.45, 7) is 4.57. The van der Waals surface area contributed by atoms with Crippen LogP contribution in [0.4, 0.5) is 16.5 Å². The molecule has 2 aliphatic heterocycles. The molecule has 2 aliphatic rings. The van der Waals surface area contributed by atoms with Crippen LogP contribution in [0.3, 0.4) is 0 Å². The third-order valence-corrected chi connectivity index (χ3v) is 5.78. The second-order valence-corrected chi connectivity index (χ2v) is 7.70. The molecule has 0 unspecified atom stereocenters.